The Morgan fingerprint density at radius 3 is 2.56 bits per heavy atom. The summed E-state index contributed by atoms with van der Waals surface area (Å²) in [7, 11) is 0. The molecule has 4 heteroatoms. The fraction of sp³-hybridized carbons (Fsp3) is 0.286. The van der Waals surface area contributed by atoms with E-state index < -0.39 is 11.9 Å². The van der Waals surface area contributed by atoms with Gasteiger partial charge in [0.2, 0.25) is 5.78 Å². The van der Waals surface area contributed by atoms with E-state index in [0.717, 1.165) is 5.56 Å². The number of benzene rings is 1. The van der Waals surface area contributed by atoms with Crippen molar-refractivity contribution in [1.82, 2.24) is 0 Å². The number of hydrogen-bond donors (Lipinski definition) is 0. The molecule has 1 aromatic rings. The maximum atomic E-state index is 12.5. The van der Waals surface area contributed by atoms with Gasteiger partial charge in [-0.3, -0.25) is 9.59 Å². The number of carbonyl (C=O) groups is 3. The number of Topliss-reactive ketones (excluding diaryl/α,β-unsaturated/α-hetero) is 2. The van der Waals surface area contributed by atoms with Gasteiger partial charge in [-0.25, -0.2) is 4.79 Å². The van der Waals surface area contributed by atoms with Crippen LogP contribution in [0.1, 0.15) is 32.3 Å². The van der Waals surface area contributed by atoms with Gasteiger partial charge in [0.15, 0.2) is 5.78 Å². The Bertz CT molecular complexity index is 803. The van der Waals surface area contributed by atoms with Crippen LogP contribution in [0.3, 0.4) is 0 Å². The molecule has 0 fully saturated rings. The summed E-state index contributed by atoms with van der Waals surface area (Å²) in [5.41, 5.74) is 1.86. The van der Waals surface area contributed by atoms with Gasteiger partial charge in [-0.05, 0) is 43.9 Å². The van der Waals surface area contributed by atoms with Crippen molar-refractivity contribution in [3.8, 4) is 11.8 Å². The first-order chi connectivity index (χ1) is 11.9. The summed E-state index contributed by atoms with van der Waals surface area (Å²) in [5, 5.41) is 0. The second kappa shape index (κ2) is 8.25. The summed E-state index contributed by atoms with van der Waals surface area (Å²) in [5.74, 6) is 3.70. The van der Waals surface area contributed by atoms with Crippen LogP contribution in [0.5, 0.6) is 0 Å². The Kier molecular flexibility index (Phi) is 6.08. The number of esters is 1. The van der Waals surface area contributed by atoms with Crippen molar-refractivity contribution in [1.29, 1.82) is 0 Å². The average Bonchev–Trinajstić information content (AvgIpc) is 2.91. The van der Waals surface area contributed by atoms with E-state index in [1.54, 1.807) is 26.0 Å². The molecular formula is C21H20O4. The zero-order chi connectivity index (χ0) is 18.4. The van der Waals surface area contributed by atoms with Crippen LogP contribution in [0, 0.1) is 17.8 Å². The van der Waals surface area contributed by atoms with Crippen molar-refractivity contribution in [2.75, 3.05) is 6.61 Å². The lowest BCUT2D eigenvalue weighted by Crippen LogP contribution is -2.14. The molecule has 25 heavy (non-hydrogen) atoms. The van der Waals surface area contributed by atoms with Crippen LogP contribution < -0.4 is 0 Å². The molecule has 2 rings (SSSR count). The van der Waals surface area contributed by atoms with E-state index in [4.69, 9.17) is 4.74 Å². The number of ether oxygens (including phenoxy) is 1. The van der Waals surface area contributed by atoms with Crippen LogP contribution in [-0.4, -0.2) is 24.1 Å². The zero-order valence-electron chi connectivity index (χ0n) is 14.4. The van der Waals surface area contributed by atoms with Gasteiger partial charge in [-0.1, -0.05) is 30.7 Å². The van der Waals surface area contributed by atoms with Crippen molar-refractivity contribution >= 4 is 17.5 Å². The molecule has 4 nitrogen and oxygen atoms in total. The summed E-state index contributed by atoms with van der Waals surface area (Å²) in [4.78, 5) is 36.7. The van der Waals surface area contributed by atoms with Crippen molar-refractivity contribution in [3.63, 3.8) is 0 Å². The number of rotatable bonds is 5. The highest BCUT2D eigenvalue weighted by molar-refractivity contribution is 6.13. The normalized spacial score (nSPS) is 16.2. The van der Waals surface area contributed by atoms with E-state index in [0.29, 0.717) is 16.7 Å². The minimum absolute atomic E-state index is 0.0155. The smallest absolute Gasteiger partial charge is 0.334 e. The molecule has 1 aliphatic carbocycles. The molecule has 0 spiro atoms. The summed E-state index contributed by atoms with van der Waals surface area (Å²) in [6, 6.07) is 9.15. The standard InChI is InChI=1S/C21H20O4/c1-4-25-21(24)18-13-16(20(23)19(18)14(2)3)12-17(22)11-10-15-8-6-5-7-9-15/h5-9,16H,2,4,12-13H2,1,3H3. The second-order valence-corrected chi connectivity index (χ2v) is 5.86. The third kappa shape index (κ3) is 4.54. The lowest BCUT2D eigenvalue weighted by atomic mass is 9.95. The molecule has 0 bridgehead atoms. The molecule has 1 unspecified atom stereocenters. The predicted molar refractivity (Wildman–Crippen MR) is 94.5 cm³/mol. The minimum Gasteiger partial charge on any atom is -0.463 e. The molecule has 1 atom stereocenters. The van der Waals surface area contributed by atoms with Gasteiger partial charge in [-0.15, -0.1) is 0 Å². The Morgan fingerprint density at radius 2 is 1.96 bits per heavy atom. The van der Waals surface area contributed by atoms with Crippen LogP contribution in [0.15, 0.2) is 53.6 Å². The van der Waals surface area contributed by atoms with E-state index in [-0.39, 0.29) is 31.0 Å². The number of hydrogen-bond acceptors (Lipinski definition) is 4. The molecular weight excluding hydrogens is 316 g/mol. The van der Waals surface area contributed by atoms with Gasteiger partial charge in [-0.2, -0.15) is 0 Å². The van der Waals surface area contributed by atoms with Crippen molar-refractivity contribution < 1.29 is 19.1 Å². The largest absolute Gasteiger partial charge is 0.463 e. The van der Waals surface area contributed by atoms with Crippen LogP contribution in [0.25, 0.3) is 0 Å². The summed E-state index contributed by atoms with van der Waals surface area (Å²) >= 11 is 0. The molecule has 0 heterocycles. The van der Waals surface area contributed by atoms with Crippen LogP contribution in [-0.2, 0) is 19.1 Å². The van der Waals surface area contributed by atoms with Gasteiger partial charge in [0.25, 0.3) is 0 Å². The topological polar surface area (TPSA) is 60.4 Å². The third-order valence-electron chi connectivity index (χ3n) is 3.87. The maximum absolute atomic E-state index is 12.5. The van der Waals surface area contributed by atoms with Crippen LogP contribution in [0.4, 0.5) is 0 Å². The Hall–Kier alpha value is -2.93. The lowest BCUT2D eigenvalue weighted by molar-refractivity contribution is -0.138. The molecule has 0 N–H and O–H groups in total. The first-order valence-corrected chi connectivity index (χ1v) is 8.14. The van der Waals surface area contributed by atoms with Gasteiger partial charge in [0.05, 0.1) is 6.61 Å². The van der Waals surface area contributed by atoms with Crippen LogP contribution >= 0.6 is 0 Å². The molecule has 0 saturated carbocycles. The third-order valence-corrected chi connectivity index (χ3v) is 3.87. The highest BCUT2D eigenvalue weighted by Gasteiger charge is 2.37. The van der Waals surface area contributed by atoms with E-state index in [9.17, 15) is 14.4 Å². The summed E-state index contributed by atoms with van der Waals surface area (Å²) in [6.07, 6.45) is 0.178. The molecule has 0 amide bonds. The molecule has 0 saturated heterocycles. The molecule has 0 radical (unpaired) electrons. The highest BCUT2D eigenvalue weighted by Crippen LogP contribution is 2.34. The molecule has 0 aliphatic heterocycles. The predicted octanol–water partition coefficient (Wildman–Crippen LogP) is 3.02. The fourth-order valence-electron chi connectivity index (χ4n) is 2.77. The van der Waals surface area contributed by atoms with Crippen molar-refractivity contribution in [2.24, 2.45) is 5.92 Å². The maximum Gasteiger partial charge on any atom is 0.334 e. The molecule has 1 aromatic carbocycles. The monoisotopic (exact) mass is 336 g/mol. The number of carbonyl (C=O) groups excluding carboxylic acids is 3. The lowest BCUT2D eigenvalue weighted by Gasteiger charge is -2.05. The van der Waals surface area contributed by atoms with E-state index in [2.05, 4.69) is 18.4 Å². The van der Waals surface area contributed by atoms with E-state index in [1.807, 2.05) is 18.2 Å². The van der Waals surface area contributed by atoms with Gasteiger partial charge in [0, 0.05) is 29.0 Å². The van der Waals surface area contributed by atoms with Crippen LogP contribution in [0.2, 0.25) is 0 Å². The Labute approximate surface area is 147 Å². The SMILES string of the molecule is C=C(C)C1=C(C(=O)OCC)CC(CC(=O)C#Cc2ccccc2)C1=O. The number of ketones is 2. The highest BCUT2D eigenvalue weighted by atomic mass is 16.5. The van der Waals surface area contributed by atoms with E-state index in [1.165, 1.54) is 0 Å². The quantitative estimate of drug-likeness (QED) is 0.612. The Morgan fingerprint density at radius 1 is 1.28 bits per heavy atom. The molecule has 128 valence electrons. The van der Waals surface area contributed by atoms with E-state index >= 15 is 0 Å². The molecule has 0 aromatic heterocycles. The first kappa shape index (κ1) is 18.4. The fourth-order valence-corrected chi connectivity index (χ4v) is 2.77. The second-order valence-electron chi connectivity index (χ2n) is 5.86. The van der Waals surface area contributed by atoms with Crippen molar-refractivity contribution in [3.05, 3.63) is 59.2 Å². The van der Waals surface area contributed by atoms with Gasteiger partial charge in [0.1, 0.15) is 0 Å². The zero-order valence-corrected chi connectivity index (χ0v) is 14.4. The first-order valence-electron chi connectivity index (χ1n) is 8.14. The van der Waals surface area contributed by atoms with Gasteiger partial charge >= 0.3 is 5.97 Å². The summed E-state index contributed by atoms with van der Waals surface area (Å²) in [6.45, 7) is 7.38. The summed E-state index contributed by atoms with van der Waals surface area (Å²) < 4.78 is 5.01. The molecule has 1 aliphatic rings. The minimum atomic E-state index is -0.580. The average molecular weight is 336 g/mol. The van der Waals surface area contributed by atoms with Crippen molar-refractivity contribution in [2.45, 2.75) is 26.7 Å². The number of allylic oxidation sites excluding steroid dienone is 2. The van der Waals surface area contributed by atoms with Gasteiger partial charge < -0.3 is 4.74 Å². The Balaban J connectivity index is 2.11.